The molecule has 0 radical (unpaired) electrons. The van der Waals surface area contributed by atoms with Crippen molar-refractivity contribution >= 4 is 22.4 Å². The van der Waals surface area contributed by atoms with Crippen molar-refractivity contribution in [2.45, 2.75) is 57.1 Å². The molecule has 2 aromatic rings. The van der Waals surface area contributed by atoms with Gasteiger partial charge in [0.05, 0.1) is 11.1 Å². The molecule has 4 rings (SSSR count). The van der Waals surface area contributed by atoms with Crippen LogP contribution in [0.1, 0.15) is 45.4 Å². The van der Waals surface area contributed by atoms with Crippen LogP contribution in [0.4, 0.5) is 0 Å². The highest BCUT2D eigenvalue weighted by Gasteiger charge is 2.36. The van der Waals surface area contributed by atoms with Gasteiger partial charge in [-0.15, -0.1) is 0 Å². The standard InChI is InChI=1S/C22H25ClN2O2/c1-14-3-2-4-16(11-14)22(24)8-5-17(6-9-22)27-20-12-15-7-10-25-21(26)18(15)13-19(20)23/h3,7,10-13,17H,2,4-6,8-9,24H2,1H3,(H,25,26). The van der Waals surface area contributed by atoms with Gasteiger partial charge >= 0.3 is 0 Å². The van der Waals surface area contributed by atoms with Crippen molar-refractivity contribution in [3.05, 3.63) is 63.1 Å². The Balaban J connectivity index is 1.48. The van der Waals surface area contributed by atoms with Crippen LogP contribution in [0.3, 0.4) is 0 Å². The molecule has 5 heteroatoms. The number of aromatic amines is 1. The fourth-order valence-corrected chi connectivity index (χ4v) is 4.47. The number of allylic oxidation sites excluding steroid dienone is 3. The third-order valence-electron chi connectivity index (χ3n) is 5.87. The minimum Gasteiger partial charge on any atom is -0.489 e. The Labute approximate surface area is 164 Å². The van der Waals surface area contributed by atoms with Crippen LogP contribution in [0.15, 0.2) is 52.5 Å². The van der Waals surface area contributed by atoms with E-state index in [-0.39, 0.29) is 17.2 Å². The molecule has 0 amide bonds. The number of hydrogen-bond donors (Lipinski definition) is 2. The van der Waals surface area contributed by atoms with E-state index in [1.165, 1.54) is 11.1 Å². The maximum absolute atomic E-state index is 11.9. The average Bonchev–Trinajstić information content (AvgIpc) is 2.65. The van der Waals surface area contributed by atoms with E-state index in [0.717, 1.165) is 43.9 Å². The monoisotopic (exact) mass is 384 g/mol. The molecular weight excluding hydrogens is 360 g/mol. The highest BCUT2D eigenvalue weighted by Crippen LogP contribution is 2.39. The van der Waals surface area contributed by atoms with Gasteiger partial charge in [0.15, 0.2) is 0 Å². The minimum absolute atomic E-state index is 0.0967. The Kier molecular flexibility index (Phi) is 4.87. The first-order chi connectivity index (χ1) is 12.9. The summed E-state index contributed by atoms with van der Waals surface area (Å²) in [5.74, 6) is 0.639. The van der Waals surface area contributed by atoms with Crippen LogP contribution in [-0.4, -0.2) is 16.6 Å². The number of pyridine rings is 1. The lowest BCUT2D eigenvalue weighted by Gasteiger charge is -2.40. The summed E-state index contributed by atoms with van der Waals surface area (Å²) in [5.41, 5.74) is 9.10. The smallest absolute Gasteiger partial charge is 0.255 e. The normalized spacial score (nSPS) is 25.8. The topological polar surface area (TPSA) is 68.1 Å². The average molecular weight is 385 g/mol. The van der Waals surface area contributed by atoms with Gasteiger partial charge in [-0.3, -0.25) is 4.79 Å². The Hall–Kier alpha value is -2.04. The van der Waals surface area contributed by atoms with E-state index in [0.29, 0.717) is 16.2 Å². The fourth-order valence-electron chi connectivity index (χ4n) is 4.26. The molecule has 0 unspecified atom stereocenters. The van der Waals surface area contributed by atoms with Crippen molar-refractivity contribution < 1.29 is 4.74 Å². The summed E-state index contributed by atoms with van der Waals surface area (Å²) in [7, 11) is 0. The van der Waals surface area contributed by atoms with Crippen LogP contribution in [0, 0.1) is 0 Å². The number of halogens is 1. The second kappa shape index (κ2) is 7.17. The van der Waals surface area contributed by atoms with E-state index in [1.807, 2.05) is 12.1 Å². The summed E-state index contributed by atoms with van der Waals surface area (Å²) in [6.45, 7) is 2.14. The summed E-state index contributed by atoms with van der Waals surface area (Å²) in [4.78, 5) is 14.6. The summed E-state index contributed by atoms with van der Waals surface area (Å²) in [5, 5.41) is 1.88. The fraction of sp³-hybridized carbons (Fsp3) is 0.409. The van der Waals surface area contributed by atoms with Crippen molar-refractivity contribution in [3.8, 4) is 5.75 Å². The predicted octanol–water partition coefficient (Wildman–Crippen LogP) is 4.87. The molecule has 2 aliphatic carbocycles. The molecule has 4 nitrogen and oxygen atoms in total. The Morgan fingerprint density at radius 3 is 2.81 bits per heavy atom. The number of ether oxygens (including phenoxy) is 1. The van der Waals surface area contributed by atoms with Crippen LogP contribution in [-0.2, 0) is 0 Å². The van der Waals surface area contributed by atoms with Crippen molar-refractivity contribution in [2.75, 3.05) is 0 Å². The highest BCUT2D eigenvalue weighted by molar-refractivity contribution is 6.32. The second-order valence-corrected chi connectivity index (χ2v) is 8.21. The first-order valence-corrected chi connectivity index (χ1v) is 9.97. The molecule has 142 valence electrons. The number of fused-ring (bicyclic) bond motifs is 1. The predicted molar refractivity (Wildman–Crippen MR) is 110 cm³/mol. The number of hydrogen-bond acceptors (Lipinski definition) is 3. The molecule has 0 spiro atoms. The van der Waals surface area contributed by atoms with Crippen LogP contribution >= 0.6 is 11.6 Å². The highest BCUT2D eigenvalue weighted by atomic mass is 35.5. The molecule has 1 aromatic heterocycles. The maximum atomic E-state index is 11.9. The largest absolute Gasteiger partial charge is 0.489 e. The van der Waals surface area contributed by atoms with E-state index in [1.54, 1.807) is 12.3 Å². The summed E-state index contributed by atoms with van der Waals surface area (Å²) in [6.07, 6.45) is 12.1. The second-order valence-electron chi connectivity index (χ2n) is 7.81. The van der Waals surface area contributed by atoms with Crippen LogP contribution < -0.4 is 16.0 Å². The number of aromatic nitrogens is 1. The van der Waals surface area contributed by atoms with Crippen molar-refractivity contribution in [1.29, 1.82) is 0 Å². The molecule has 0 bridgehead atoms. The molecule has 1 aromatic carbocycles. The SMILES string of the molecule is CC1=CCCC(C2(N)CCC(Oc3cc4cc[nH]c(=O)c4cc3Cl)CC2)=C1. The number of H-pyrrole nitrogens is 1. The first-order valence-electron chi connectivity index (χ1n) is 9.59. The van der Waals surface area contributed by atoms with E-state index >= 15 is 0 Å². The molecule has 1 saturated carbocycles. The first kappa shape index (κ1) is 18.3. The molecule has 3 N–H and O–H groups in total. The van der Waals surface area contributed by atoms with Gasteiger partial charge in [-0.1, -0.05) is 29.3 Å². The molecule has 1 heterocycles. The zero-order valence-corrected chi connectivity index (χ0v) is 16.3. The summed E-state index contributed by atoms with van der Waals surface area (Å²) < 4.78 is 6.21. The van der Waals surface area contributed by atoms with E-state index in [2.05, 4.69) is 24.1 Å². The van der Waals surface area contributed by atoms with Crippen LogP contribution in [0.5, 0.6) is 5.75 Å². The van der Waals surface area contributed by atoms with E-state index in [4.69, 9.17) is 22.1 Å². The Morgan fingerprint density at radius 2 is 2.07 bits per heavy atom. The van der Waals surface area contributed by atoms with Crippen molar-refractivity contribution in [2.24, 2.45) is 5.73 Å². The van der Waals surface area contributed by atoms with Gasteiger partial charge in [0.25, 0.3) is 5.56 Å². The third kappa shape index (κ3) is 3.69. The number of rotatable bonds is 3. The maximum Gasteiger partial charge on any atom is 0.255 e. The van der Waals surface area contributed by atoms with Gasteiger partial charge in [-0.05, 0) is 74.6 Å². The van der Waals surface area contributed by atoms with Gasteiger partial charge < -0.3 is 15.5 Å². The number of nitrogens with one attached hydrogen (secondary N) is 1. The van der Waals surface area contributed by atoms with Crippen molar-refractivity contribution in [1.82, 2.24) is 4.98 Å². The van der Waals surface area contributed by atoms with Crippen LogP contribution in [0.25, 0.3) is 10.8 Å². The van der Waals surface area contributed by atoms with Crippen LogP contribution in [0.2, 0.25) is 5.02 Å². The van der Waals surface area contributed by atoms with E-state index < -0.39 is 0 Å². The third-order valence-corrected chi connectivity index (χ3v) is 6.16. The molecule has 0 saturated heterocycles. The van der Waals surface area contributed by atoms with Gasteiger partial charge in [0, 0.05) is 17.1 Å². The lowest BCUT2D eigenvalue weighted by atomic mass is 9.73. The van der Waals surface area contributed by atoms with Gasteiger partial charge in [0.2, 0.25) is 0 Å². The molecule has 1 fully saturated rings. The van der Waals surface area contributed by atoms with E-state index in [9.17, 15) is 4.79 Å². The zero-order valence-electron chi connectivity index (χ0n) is 15.6. The van der Waals surface area contributed by atoms with Gasteiger partial charge in [-0.2, -0.15) is 0 Å². The lowest BCUT2D eigenvalue weighted by molar-refractivity contribution is 0.128. The minimum atomic E-state index is -0.212. The zero-order chi connectivity index (χ0) is 19.0. The molecule has 0 aliphatic heterocycles. The number of nitrogens with two attached hydrogens (primary N) is 1. The molecule has 2 aliphatic rings. The van der Waals surface area contributed by atoms with Crippen molar-refractivity contribution in [3.63, 3.8) is 0 Å². The number of benzene rings is 1. The Morgan fingerprint density at radius 1 is 1.30 bits per heavy atom. The summed E-state index contributed by atoms with van der Waals surface area (Å²) >= 11 is 6.37. The summed E-state index contributed by atoms with van der Waals surface area (Å²) in [6, 6.07) is 5.40. The Bertz CT molecular complexity index is 981. The van der Waals surface area contributed by atoms with Gasteiger partial charge in [-0.25, -0.2) is 0 Å². The molecule has 27 heavy (non-hydrogen) atoms. The van der Waals surface area contributed by atoms with Gasteiger partial charge in [0.1, 0.15) is 5.75 Å². The molecular formula is C22H25ClN2O2. The quantitative estimate of drug-likeness (QED) is 0.793. The lowest BCUT2D eigenvalue weighted by Crippen LogP contribution is -2.47. The molecule has 0 atom stereocenters.